The maximum absolute atomic E-state index is 13.8. The molecule has 0 radical (unpaired) electrons. The van der Waals surface area contributed by atoms with Gasteiger partial charge in [-0.2, -0.15) is 13.2 Å². The van der Waals surface area contributed by atoms with E-state index in [4.69, 9.17) is 0 Å². The van der Waals surface area contributed by atoms with E-state index >= 15 is 0 Å². The molecule has 5 rings (SSSR count). The Kier molecular flexibility index (Phi) is 8.66. The van der Waals surface area contributed by atoms with E-state index in [0.29, 0.717) is 37.3 Å². The number of aryl methyl sites for hydroxylation is 1. The van der Waals surface area contributed by atoms with Crippen LogP contribution in [0.2, 0.25) is 0 Å². The summed E-state index contributed by atoms with van der Waals surface area (Å²) in [6.07, 6.45) is 7.58. The number of fused-ring (bicyclic) bond motifs is 3. The Labute approximate surface area is 245 Å². The fourth-order valence-corrected chi connectivity index (χ4v) is 8.66. The molecule has 3 atom stereocenters. The second-order valence-corrected chi connectivity index (χ2v) is 14.2. The van der Waals surface area contributed by atoms with Crippen molar-refractivity contribution in [2.45, 2.75) is 122 Å². The summed E-state index contributed by atoms with van der Waals surface area (Å²) in [5.74, 6) is 1.75. The van der Waals surface area contributed by atoms with Gasteiger partial charge in [0.25, 0.3) is 0 Å². The van der Waals surface area contributed by atoms with Gasteiger partial charge in [0, 0.05) is 19.5 Å². The first-order chi connectivity index (χ1) is 19.4. The Morgan fingerprint density at radius 1 is 0.976 bits per heavy atom. The molecule has 0 N–H and O–H groups in total. The average Bonchev–Trinajstić information content (AvgIpc) is 3.44. The van der Waals surface area contributed by atoms with Crippen molar-refractivity contribution in [1.82, 2.24) is 4.90 Å². The minimum absolute atomic E-state index is 0.0453. The van der Waals surface area contributed by atoms with E-state index in [1.54, 1.807) is 12.1 Å². The Balaban J connectivity index is 1.40. The largest absolute Gasteiger partial charge is 0.416 e. The van der Waals surface area contributed by atoms with Gasteiger partial charge in [0.2, 0.25) is 5.91 Å². The zero-order valence-corrected chi connectivity index (χ0v) is 25.5. The van der Waals surface area contributed by atoms with Crippen molar-refractivity contribution in [2.24, 2.45) is 17.3 Å². The van der Waals surface area contributed by atoms with E-state index in [2.05, 4.69) is 45.9 Å². The first-order valence-electron chi connectivity index (χ1n) is 16.0. The van der Waals surface area contributed by atoms with E-state index in [0.717, 1.165) is 56.2 Å². The molecule has 0 heterocycles. The number of benzene rings is 2. The van der Waals surface area contributed by atoms with Crippen molar-refractivity contribution in [1.29, 1.82) is 0 Å². The molecule has 41 heavy (non-hydrogen) atoms. The molecule has 0 aliphatic heterocycles. The quantitative estimate of drug-likeness (QED) is 0.311. The maximum atomic E-state index is 13.8. The summed E-state index contributed by atoms with van der Waals surface area (Å²) in [5.41, 5.74) is 4.54. The Morgan fingerprint density at radius 2 is 1.68 bits per heavy atom. The van der Waals surface area contributed by atoms with Crippen LogP contribution in [0.25, 0.3) is 0 Å². The van der Waals surface area contributed by atoms with Gasteiger partial charge in [0.05, 0.1) is 5.56 Å². The zero-order valence-electron chi connectivity index (χ0n) is 25.5. The van der Waals surface area contributed by atoms with Crippen molar-refractivity contribution < 1.29 is 18.0 Å². The lowest BCUT2D eigenvalue weighted by molar-refractivity contribution is -0.138. The minimum Gasteiger partial charge on any atom is -0.338 e. The molecule has 2 aromatic carbocycles. The van der Waals surface area contributed by atoms with Gasteiger partial charge in [-0.1, -0.05) is 90.1 Å². The highest BCUT2D eigenvalue weighted by atomic mass is 19.4. The van der Waals surface area contributed by atoms with E-state index in [9.17, 15) is 18.0 Å². The van der Waals surface area contributed by atoms with Gasteiger partial charge >= 0.3 is 6.18 Å². The van der Waals surface area contributed by atoms with Crippen molar-refractivity contribution in [3.8, 4) is 0 Å². The van der Waals surface area contributed by atoms with Crippen molar-refractivity contribution >= 4 is 5.91 Å². The molecule has 0 spiro atoms. The first-order valence-corrected chi connectivity index (χ1v) is 16.0. The Hall–Kier alpha value is -2.30. The molecule has 3 aliphatic carbocycles. The topological polar surface area (TPSA) is 20.3 Å². The van der Waals surface area contributed by atoms with Crippen molar-refractivity contribution in [3.05, 3.63) is 70.3 Å². The van der Waals surface area contributed by atoms with Crippen LogP contribution in [0, 0.1) is 17.3 Å². The zero-order chi connectivity index (χ0) is 29.4. The summed E-state index contributed by atoms with van der Waals surface area (Å²) < 4.78 is 39.6. The molecular weight excluding hydrogens is 519 g/mol. The summed E-state index contributed by atoms with van der Waals surface area (Å²) in [4.78, 5) is 15.8. The number of rotatable bonds is 8. The van der Waals surface area contributed by atoms with Crippen LogP contribution in [-0.4, -0.2) is 17.4 Å². The second-order valence-electron chi connectivity index (χ2n) is 14.2. The van der Waals surface area contributed by atoms with E-state index < -0.39 is 11.7 Å². The summed E-state index contributed by atoms with van der Waals surface area (Å²) in [6.45, 7) is 10.4. The van der Waals surface area contributed by atoms with Crippen LogP contribution in [0.1, 0.15) is 126 Å². The maximum Gasteiger partial charge on any atom is 0.416 e. The summed E-state index contributed by atoms with van der Waals surface area (Å²) >= 11 is 0. The third kappa shape index (κ3) is 6.39. The Bertz CT molecular complexity index is 1210. The van der Waals surface area contributed by atoms with Gasteiger partial charge in [-0.05, 0) is 95.1 Å². The van der Waals surface area contributed by atoms with Gasteiger partial charge in [-0.3, -0.25) is 4.79 Å². The molecular formula is C36H48F3NO. The van der Waals surface area contributed by atoms with Crippen LogP contribution in [0.3, 0.4) is 0 Å². The number of hydrogen-bond donors (Lipinski definition) is 0. The van der Waals surface area contributed by atoms with Crippen LogP contribution in [-0.2, 0) is 29.4 Å². The molecule has 5 heteroatoms. The van der Waals surface area contributed by atoms with Gasteiger partial charge < -0.3 is 4.90 Å². The van der Waals surface area contributed by atoms with Crippen LogP contribution in [0.5, 0.6) is 0 Å². The first kappa shape index (κ1) is 30.2. The molecule has 224 valence electrons. The van der Waals surface area contributed by atoms with Crippen LogP contribution in [0.4, 0.5) is 13.2 Å². The highest BCUT2D eigenvalue weighted by Crippen LogP contribution is 2.57. The number of nitrogens with zero attached hydrogens (tertiary/aromatic N) is 1. The van der Waals surface area contributed by atoms with Crippen LogP contribution < -0.4 is 0 Å². The predicted molar refractivity (Wildman–Crippen MR) is 160 cm³/mol. The standard InChI is InChI=1S/C36H48F3NO/c1-25(2)28-13-17-31-29(22-28)14-18-32-34(3,20-7-21-35(31,32)4)24-40(33(41)19-12-26-8-5-6-9-26)23-27-10-15-30(16-11-27)36(37,38)39/h10-11,13,15-17,22,25-26,32H,5-9,12,14,18-21,23-24H2,1-4H3. The molecule has 2 nitrogen and oxygen atoms in total. The van der Waals surface area contributed by atoms with E-state index in [-0.39, 0.29) is 16.7 Å². The van der Waals surface area contributed by atoms with E-state index in [1.807, 2.05) is 4.90 Å². The predicted octanol–water partition coefficient (Wildman–Crippen LogP) is 9.84. The lowest BCUT2D eigenvalue weighted by atomic mass is 9.49. The summed E-state index contributed by atoms with van der Waals surface area (Å²) in [7, 11) is 0. The number of alkyl halides is 3. The van der Waals surface area contributed by atoms with Crippen LogP contribution in [0.15, 0.2) is 42.5 Å². The van der Waals surface area contributed by atoms with Gasteiger partial charge in [0.1, 0.15) is 0 Å². The minimum atomic E-state index is -4.36. The normalized spacial score (nSPS) is 26.6. The van der Waals surface area contributed by atoms with Gasteiger partial charge in [-0.15, -0.1) is 0 Å². The monoisotopic (exact) mass is 567 g/mol. The number of carbonyl (C=O) groups is 1. The molecule has 0 saturated heterocycles. The molecule has 0 bridgehead atoms. The number of hydrogen-bond acceptors (Lipinski definition) is 1. The molecule has 2 fully saturated rings. The highest BCUT2D eigenvalue weighted by Gasteiger charge is 2.52. The number of halogens is 3. The van der Waals surface area contributed by atoms with E-state index in [1.165, 1.54) is 42.4 Å². The molecule has 3 aliphatic rings. The van der Waals surface area contributed by atoms with Gasteiger partial charge in [-0.25, -0.2) is 0 Å². The Morgan fingerprint density at radius 3 is 2.34 bits per heavy atom. The average molecular weight is 568 g/mol. The fraction of sp³-hybridized carbons (Fsp3) is 0.639. The molecule has 3 unspecified atom stereocenters. The molecule has 1 amide bonds. The van der Waals surface area contributed by atoms with Gasteiger partial charge in [0.15, 0.2) is 0 Å². The smallest absolute Gasteiger partial charge is 0.338 e. The molecule has 2 saturated carbocycles. The summed E-state index contributed by atoms with van der Waals surface area (Å²) in [6, 6.07) is 12.5. The molecule has 0 aromatic heterocycles. The lowest BCUT2D eigenvalue weighted by Crippen LogP contribution is -2.53. The fourth-order valence-electron chi connectivity index (χ4n) is 8.66. The third-order valence-electron chi connectivity index (χ3n) is 11.0. The SMILES string of the molecule is CC(C)c1ccc2c(c1)CCC1C(C)(CN(Cc3ccc(C(F)(F)F)cc3)C(=O)CCC3CCCC3)CCCC21C. The molecule has 2 aromatic rings. The summed E-state index contributed by atoms with van der Waals surface area (Å²) in [5, 5.41) is 0. The lowest BCUT2D eigenvalue weighted by Gasteiger charge is -2.56. The third-order valence-corrected chi connectivity index (χ3v) is 11.0. The van der Waals surface area contributed by atoms with Crippen LogP contribution >= 0.6 is 0 Å². The second kappa shape index (κ2) is 11.8. The number of amides is 1. The number of carbonyl (C=O) groups excluding carboxylic acids is 1. The highest BCUT2D eigenvalue weighted by molar-refractivity contribution is 5.76. The van der Waals surface area contributed by atoms with Crippen molar-refractivity contribution in [2.75, 3.05) is 6.54 Å². The van der Waals surface area contributed by atoms with Crippen molar-refractivity contribution in [3.63, 3.8) is 0 Å².